The van der Waals surface area contributed by atoms with Crippen LogP contribution in [0.15, 0.2) is 42.5 Å². The fourth-order valence-corrected chi connectivity index (χ4v) is 2.54. The second-order valence-electron chi connectivity index (χ2n) is 5.19. The first-order chi connectivity index (χ1) is 11.1. The topological polar surface area (TPSA) is 93.9 Å². The van der Waals surface area contributed by atoms with Crippen LogP contribution in [0, 0.1) is 10.1 Å². The predicted octanol–water partition coefficient (Wildman–Crippen LogP) is 2.67. The summed E-state index contributed by atoms with van der Waals surface area (Å²) < 4.78 is 11.1. The van der Waals surface area contributed by atoms with Crippen LogP contribution >= 0.6 is 0 Å². The average molecular weight is 316 g/mol. The van der Waals surface area contributed by atoms with Gasteiger partial charge in [-0.3, -0.25) is 15.4 Å². The van der Waals surface area contributed by atoms with Gasteiger partial charge in [0, 0.05) is 18.7 Å². The normalized spacial score (nSPS) is 20.4. The van der Waals surface area contributed by atoms with Gasteiger partial charge in [-0.25, -0.2) is 0 Å². The maximum Gasteiger partial charge on any atom is 0.269 e. The van der Waals surface area contributed by atoms with Crippen LogP contribution in [0.5, 0.6) is 11.5 Å². The Labute approximate surface area is 132 Å². The maximum absolute atomic E-state index is 10.7. The molecule has 3 rings (SSSR count). The van der Waals surface area contributed by atoms with Crippen molar-refractivity contribution in [2.45, 2.75) is 12.3 Å². The molecule has 0 spiro atoms. The molecule has 2 aromatic carbocycles. The standard InChI is InChI=1S/C16H16N2O5/c1-22-14-8-11(4-7-13(14)19)16-17-9-15(23-16)10-2-5-12(6-3-10)18(20)21/h2-8,15-17,19H,9H2,1H3/t15-,16+/m1/s1. The third-order valence-corrected chi connectivity index (χ3v) is 3.77. The molecule has 120 valence electrons. The molecule has 0 amide bonds. The third-order valence-electron chi connectivity index (χ3n) is 3.77. The Hall–Kier alpha value is -2.64. The third kappa shape index (κ3) is 3.10. The van der Waals surface area contributed by atoms with Gasteiger partial charge in [0.1, 0.15) is 6.23 Å². The highest BCUT2D eigenvalue weighted by Gasteiger charge is 2.28. The van der Waals surface area contributed by atoms with Gasteiger partial charge in [0.15, 0.2) is 11.5 Å². The van der Waals surface area contributed by atoms with Crippen LogP contribution in [0.3, 0.4) is 0 Å². The summed E-state index contributed by atoms with van der Waals surface area (Å²) in [4.78, 5) is 10.3. The molecule has 0 saturated carbocycles. The summed E-state index contributed by atoms with van der Waals surface area (Å²) in [5, 5.41) is 23.6. The zero-order valence-corrected chi connectivity index (χ0v) is 12.4. The maximum atomic E-state index is 10.7. The van der Waals surface area contributed by atoms with Gasteiger partial charge in [-0.15, -0.1) is 0 Å². The molecule has 2 atom stereocenters. The molecule has 0 radical (unpaired) electrons. The van der Waals surface area contributed by atoms with Gasteiger partial charge in [0.05, 0.1) is 18.1 Å². The van der Waals surface area contributed by atoms with E-state index in [0.717, 1.165) is 11.1 Å². The first kappa shape index (κ1) is 15.3. The predicted molar refractivity (Wildman–Crippen MR) is 82.3 cm³/mol. The van der Waals surface area contributed by atoms with Gasteiger partial charge < -0.3 is 14.6 Å². The lowest BCUT2D eigenvalue weighted by Crippen LogP contribution is -2.14. The minimum atomic E-state index is -0.428. The van der Waals surface area contributed by atoms with Crippen molar-refractivity contribution in [3.05, 3.63) is 63.7 Å². The van der Waals surface area contributed by atoms with E-state index >= 15 is 0 Å². The number of aromatic hydroxyl groups is 1. The molecule has 2 N–H and O–H groups in total. The molecular weight excluding hydrogens is 300 g/mol. The lowest BCUT2D eigenvalue weighted by molar-refractivity contribution is -0.384. The Morgan fingerprint density at radius 3 is 2.61 bits per heavy atom. The van der Waals surface area contributed by atoms with E-state index in [1.165, 1.54) is 19.2 Å². The molecular formula is C16H16N2O5. The number of phenols is 1. The van der Waals surface area contributed by atoms with Crippen molar-refractivity contribution in [1.29, 1.82) is 0 Å². The van der Waals surface area contributed by atoms with Crippen molar-refractivity contribution in [2.24, 2.45) is 0 Å². The molecule has 2 aromatic rings. The summed E-state index contributed by atoms with van der Waals surface area (Å²) in [5.41, 5.74) is 1.76. The molecule has 1 saturated heterocycles. The van der Waals surface area contributed by atoms with Crippen LogP contribution in [0.4, 0.5) is 5.69 Å². The minimum Gasteiger partial charge on any atom is -0.504 e. The van der Waals surface area contributed by atoms with Crippen LogP contribution in [-0.4, -0.2) is 23.7 Å². The van der Waals surface area contributed by atoms with Crippen molar-refractivity contribution >= 4 is 5.69 Å². The lowest BCUT2D eigenvalue weighted by Gasteiger charge is -2.14. The molecule has 1 heterocycles. The highest BCUT2D eigenvalue weighted by atomic mass is 16.6. The van der Waals surface area contributed by atoms with E-state index in [2.05, 4.69) is 5.32 Å². The van der Waals surface area contributed by atoms with E-state index in [0.29, 0.717) is 12.3 Å². The summed E-state index contributed by atoms with van der Waals surface area (Å²) in [6.07, 6.45) is -0.523. The van der Waals surface area contributed by atoms with E-state index < -0.39 is 4.92 Å². The first-order valence-corrected chi connectivity index (χ1v) is 7.08. The first-order valence-electron chi connectivity index (χ1n) is 7.08. The molecule has 7 nitrogen and oxygen atoms in total. The number of methoxy groups -OCH3 is 1. The molecule has 23 heavy (non-hydrogen) atoms. The largest absolute Gasteiger partial charge is 0.504 e. The summed E-state index contributed by atoms with van der Waals surface area (Å²) in [6, 6.07) is 11.4. The van der Waals surface area contributed by atoms with E-state index in [9.17, 15) is 15.2 Å². The van der Waals surface area contributed by atoms with Gasteiger partial charge in [-0.05, 0) is 35.4 Å². The highest BCUT2D eigenvalue weighted by Crippen LogP contribution is 2.35. The zero-order chi connectivity index (χ0) is 16.4. The Balaban J connectivity index is 1.74. The number of benzene rings is 2. The van der Waals surface area contributed by atoms with E-state index in [1.807, 2.05) is 0 Å². The fraction of sp³-hybridized carbons (Fsp3) is 0.250. The summed E-state index contributed by atoms with van der Waals surface area (Å²) in [7, 11) is 1.49. The zero-order valence-electron chi connectivity index (χ0n) is 12.4. The van der Waals surface area contributed by atoms with E-state index in [-0.39, 0.29) is 23.8 Å². The number of nitro groups is 1. The smallest absolute Gasteiger partial charge is 0.269 e. The van der Waals surface area contributed by atoms with Crippen molar-refractivity contribution in [3.63, 3.8) is 0 Å². The number of rotatable bonds is 4. The van der Waals surface area contributed by atoms with Crippen LogP contribution in [0.25, 0.3) is 0 Å². The fourth-order valence-electron chi connectivity index (χ4n) is 2.54. The average Bonchev–Trinajstić information content (AvgIpc) is 3.05. The Morgan fingerprint density at radius 1 is 1.26 bits per heavy atom. The quantitative estimate of drug-likeness (QED) is 0.665. The molecule has 1 aliphatic heterocycles. The number of ether oxygens (including phenoxy) is 2. The second-order valence-corrected chi connectivity index (χ2v) is 5.19. The van der Waals surface area contributed by atoms with Crippen LogP contribution in [-0.2, 0) is 4.74 Å². The number of hydrogen-bond acceptors (Lipinski definition) is 6. The molecule has 1 aliphatic rings. The second kappa shape index (κ2) is 6.23. The Bertz CT molecular complexity index is 717. The monoisotopic (exact) mass is 316 g/mol. The number of non-ortho nitro benzene ring substituents is 1. The molecule has 1 fully saturated rings. The Kier molecular flexibility index (Phi) is 4.14. The van der Waals surface area contributed by atoms with Gasteiger partial charge >= 0.3 is 0 Å². The van der Waals surface area contributed by atoms with Gasteiger partial charge in [0.2, 0.25) is 0 Å². The van der Waals surface area contributed by atoms with Crippen LogP contribution in [0.1, 0.15) is 23.5 Å². The lowest BCUT2D eigenvalue weighted by atomic mass is 10.1. The number of nitrogens with one attached hydrogen (secondary N) is 1. The van der Waals surface area contributed by atoms with E-state index in [1.54, 1.807) is 30.3 Å². The number of nitrogens with zero attached hydrogens (tertiary/aromatic N) is 1. The minimum absolute atomic E-state index is 0.0551. The summed E-state index contributed by atoms with van der Waals surface area (Å²) in [5.74, 6) is 0.452. The molecule has 7 heteroatoms. The highest BCUT2D eigenvalue weighted by molar-refractivity contribution is 5.42. The van der Waals surface area contributed by atoms with Crippen molar-refractivity contribution in [1.82, 2.24) is 5.32 Å². The van der Waals surface area contributed by atoms with Gasteiger partial charge in [-0.2, -0.15) is 0 Å². The molecule has 0 aliphatic carbocycles. The van der Waals surface area contributed by atoms with Gasteiger partial charge in [-0.1, -0.05) is 6.07 Å². The molecule has 0 bridgehead atoms. The number of phenolic OH excluding ortho intramolecular Hbond substituents is 1. The summed E-state index contributed by atoms with van der Waals surface area (Å²) in [6.45, 7) is 0.589. The van der Waals surface area contributed by atoms with Crippen molar-refractivity contribution < 1.29 is 19.5 Å². The van der Waals surface area contributed by atoms with Crippen LogP contribution in [0.2, 0.25) is 0 Å². The van der Waals surface area contributed by atoms with Crippen molar-refractivity contribution in [3.8, 4) is 11.5 Å². The Morgan fingerprint density at radius 2 is 1.96 bits per heavy atom. The molecule has 0 aromatic heterocycles. The van der Waals surface area contributed by atoms with Gasteiger partial charge in [0.25, 0.3) is 5.69 Å². The number of hydrogen-bond donors (Lipinski definition) is 2. The van der Waals surface area contributed by atoms with E-state index in [4.69, 9.17) is 9.47 Å². The number of nitro benzene ring substituents is 1. The molecule has 0 unspecified atom stereocenters. The summed E-state index contributed by atoms with van der Waals surface area (Å²) >= 11 is 0. The van der Waals surface area contributed by atoms with Crippen molar-refractivity contribution in [2.75, 3.05) is 13.7 Å². The van der Waals surface area contributed by atoms with Crippen LogP contribution < -0.4 is 10.1 Å². The SMILES string of the molecule is COc1cc([C@H]2NC[C@H](c3ccc([N+](=O)[O-])cc3)O2)ccc1O.